The number of hydrogen-bond donors (Lipinski definition) is 2. The van der Waals surface area contributed by atoms with Crippen LogP contribution in [-0.2, 0) is 5.41 Å². The van der Waals surface area contributed by atoms with Gasteiger partial charge in [0, 0.05) is 25.2 Å². The molecule has 0 unspecified atom stereocenters. The van der Waals surface area contributed by atoms with Crippen molar-refractivity contribution in [1.82, 2.24) is 10.9 Å². The Morgan fingerprint density at radius 3 is 1.95 bits per heavy atom. The highest BCUT2D eigenvalue weighted by molar-refractivity contribution is 5.61. The highest BCUT2D eigenvalue weighted by atomic mass is 16.2. The third-order valence-electron chi connectivity index (χ3n) is 3.84. The normalized spacial score (nSPS) is 14.5. The Labute approximate surface area is 127 Å². The smallest absolute Gasteiger partial charge is 0.249 e. The van der Waals surface area contributed by atoms with Crippen LogP contribution in [0, 0.1) is 5.41 Å². The van der Waals surface area contributed by atoms with Gasteiger partial charge < -0.3 is 4.90 Å². The molecule has 0 radical (unpaired) electrons. The van der Waals surface area contributed by atoms with Crippen LogP contribution in [0.15, 0.2) is 9.59 Å². The quantitative estimate of drug-likeness (QED) is 0.630. The first-order valence-corrected chi connectivity index (χ1v) is 7.38. The van der Waals surface area contributed by atoms with Gasteiger partial charge in [-0.15, -0.1) is 0 Å². The van der Waals surface area contributed by atoms with Gasteiger partial charge in [-0.1, -0.05) is 41.5 Å². The molecule has 1 aromatic rings. The number of hydrazine groups is 1. The predicted molar refractivity (Wildman–Crippen MR) is 88.8 cm³/mol. The van der Waals surface area contributed by atoms with Crippen molar-refractivity contribution in [3.63, 3.8) is 0 Å². The third-order valence-corrected chi connectivity index (χ3v) is 3.84. The van der Waals surface area contributed by atoms with E-state index in [1.54, 1.807) is 0 Å². The largest absolute Gasteiger partial charge is 0.369 e. The minimum absolute atomic E-state index is 0.0243. The molecular weight excluding hydrogens is 266 g/mol. The molecule has 0 aliphatic heterocycles. The molecule has 0 saturated carbocycles. The van der Waals surface area contributed by atoms with Crippen molar-refractivity contribution in [2.24, 2.45) is 5.41 Å². The summed E-state index contributed by atoms with van der Waals surface area (Å²) in [4.78, 5) is 25.7. The summed E-state index contributed by atoms with van der Waals surface area (Å²) in [5.74, 6) is 0. The number of likely N-dealkylation sites (N-methyl/N-ethyl adjacent to an activating group) is 1. The lowest BCUT2D eigenvalue weighted by atomic mass is 9.81. The van der Waals surface area contributed by atoms with Crippen LogP contribution in [-0.4, -0.2) is 26.7 Å². The van der Waals surface area contributed by atoms with Crippen molar-refractivity contribution in [2.45, 2.75) is 53.0 Å². The molecule has 0 aliphatic rings. The van der Waals surface area contributed by atoms with E-state index < -0.39 is 0 Å². The molecule has 0 amide bonds. The average Bonchev–Trinajstić information content (AvgIpc) is 2.31. The highest BCUT2D eigenvalue weighted by Crippen LogP contribution is 2.29. The predicted octanol–water partition coefficient (Wildman–Crippen LogP) is 1.15. The third kappa shape index (κ3) is 3.71. The molecule has 1 rings (SSSR count). The second kappa shape index (κ2) is 5.89. The van der Waals surface area contributed by atoms with Gasteiger partial charge in [0.25, 0.3) is 0 Å². The van der Waals surface area contributed by atoms with Crippen LogP contribution >= 0.6 is 0 Å². The van der Waals surface area contributed by atoms with Crippen LogP contribution in [0.25, 0.3) is 0 Å². The zero-order valence-electron chi connectivity index (χ0n) is 14.5. The van der Waals surface area contributed by atoms with Crippen LogP contribution in [0.5, 0.6) is 0 Å². The van der Waals surface area contributed by atoms with Crippen LogP contribution in [0.1, 0.15) is 47.1 Å². The molecule has 0 bridgehead atoms. The summed E-state index contributed by atoms with van der Waals surface area (Å²) in [6.45, 7) is 13.0. The van der Waals surface area contributed by atoms with E-state index in [4.69, 9.17) is 0 Å². The number of rotatable bonds is 5. The maximum absolute atomic E-state index is 12.0. The molecule has 0 aromatic heterocycles. The Hall–Kier alpha value is -1.20. The molecule has 5 heteroatoms. The van der Waals surface area contributed by atoms with Crippen molar-refractivity contribution < 1.29 is 0 Å². The summed E-state index contributed by atoms with van der Waals surface area (Å²) >= 11 is 0. The van der Waals surface area contributed by atoms with Crippen LogP contribution in [0.4, 0.5) is 5.69 Å². The lowest BCUT2D eigenvalue weighted by Gasteiger charge is -2.37. The first kappa shape index (κ1) is 17.9. The maximum atomic E-state index is 12.0. The van der Waals surface area contributed by atoms with Gasteiger partial charge in [0.15, 0.2) is 0 Å². The molecule has 2 N–H and O–H groups in total. The monoisotopic (exact) mass is 295 g/mol. The Morgan fingerprint density at radius 2 is 1.57 bits per heavy atom. The first-order valence-electron chi connectivity index (χ1n) is 7.38. The van der Waals surface area contributed by atoms with Gasteiger partial charge in [-0.25, -0.2) is 0 Å². The van der Waals surface area contributed by atoms with E-state index in [2.05, 4.69) is 31.6 Å². The average molecular weight is 295 g/mol. The van der Waals surface area contributed by atoms with Crippen LogP contribution < -0.4 is 26.6 Å². The number of hydrogen-bond acceptors (Lipinski definition) is 5. The molecular formula is C16H29N3O2. The topological polar surface area (TPSA) is 61.4 Å². The van der Waals surface area contributed by atoms with Gasteiger partial charge in [-0.3, -0.25) is 20.4 Å². The Balaban J connectivity index is 3.05. The summed E-state index contributed by atoms with van der Waals surface area (Å²) < 4.78 is 0. The van der Waals surface area contributed by atoms with E-state index in [9.17, 15) is 9.59 Å². The SMILES string of the molecule is CNN[C@H](CN(C)c1c(C(C)(C)C)c(=O)c1=O)C(C)(C)C. The zero-order chi connectivity index (χ0) is 16.6. The van der Waals surface area contributed by atoms with Gasteiger partial charge in [-0.2, -0.15) is 0 Å². The fourth-order valence-corrected chi connectivity index (χ4v) is 2.52. The molecule has 1 aromatic carbocycles. The minimum Gasteiger partial charge on any atom is -0.369 e. The van der Waals surface area contributed by atoms with Gasteiger partial charge >= 0.3 is 0 Å². The molecule has 0 heterocycles. The lowest BCUT2D eigenvalue weighted by molar-refractivity contribution is 0.253. The summed E-state index contributed by atoms with van der Waals surface area (Å²) in [5, 5.41) is 0. The first-order chi connectivity index (χ1) is 9.41. The van der Waals surface area contributed by atoms with Crippen LogP contribution in [0.2, 0.25) is 0 Å². The molecule has 0 aliphatic carbocycles. The summed E-state index contributed by atoms with van der Waals surface area (Å²) in [5.41, 5.74) is 6.44. The molecule has 1 atom stereocenters. The standard InChI is InChI=1S/C16H29N3O2/c1-15(2,3)10(18-17-7)9-19(8)12-11(16(4,5)6)13(20)14(12)21/h10,17-18H,9H2,1-8H3/t10-/m1/s1. The fraction of sp³-hybridized carbons (Fsp3) is 0.750. The summed E-state index contributed by atoms with van der Waals surface area (Å²) in [6, 6.07) is 0.143. The van der Waals surface area contributed by atoms with Crippen molar-refractivity contribution in [1.29, 1.82) is 0 Å². The number of nitrogens with zero attached hydrogens (tertiary/aromatic N) is 1. The van der Waals surface area contributed by atoms with Gasteiger partial charge in [0.05, 0.1) is 5.69 Å². The molecule has 0 spiro atoms. The molecule has 5 nitrogen and oxygen atoms in total. The van der Waals surface area contributed by atoms with E-state index in [1.165, 1.54) is 0 Å². The van der Waals surface area contributed by atoms with Gasteiger partial charge in [0.1, 0.15) is 0 Å². The van der Waals surface area contributed by atoms with Gasteiger partial charge in [-0.05, 0) is 17.9 Å². The fourth-order valence-electron chi connectivity index (χ4n) is 2.52. The number of nitrogens with one attached hydrogen (secondary N) is 2. The lowest BCUT2D eigenvalue weighted by Crippen LogP contribution is -2.54. The second-order valence-corrected chi connectivity index (χ2v) is 7.83. The van der Waals surface area contributed by atoms with E-state index in [0.717, 1.165) is 0 Å². The maximum Gasteiger partial charge on any atom is 0.249 e. The highest BCUT2D eigenvalue weighted by Gasteiger charge is 2.34. The van der Waals surface area contributed by atoms with Crippen molar-refractivity contribution in [3.05, 3.63) is 26.0 Å². The summed E-state index contributed by atoms with van der Waals surface area (Å²) in [6.07, 6.45) is 0. The number of anilines is 1. The van der Waals surface area contributed by atoms with Crippen molar-refractivity contribution in [2.75, 3.05) is 25.5 Å². The Bertz CT molecular complexity index is 557. The Kier molecular flexibility index (Phi) is 5.01. The van der Waals surface area contributed by atoms with Crippen LogP contribution in [0.3, 0.4) is 0 Å². The van der Waals surface area contributed by atoms with E-state index in [1.807, 2.05) is 39.8 Å². The summed E-state index contributed by atoms with van der Waals surface area (Å²) in [7, 11) is 3.71. The Morgan fingerprint density at radius 1 is 1.05 bits per heavy atom. The second-order valence-electron chi connectivity index (χ2n) is 7.83. The minimum atomic E-state index is -0.362. The van der Waals surface area contributed by atoms with E-state index >= 15 is 0 Å². The molecule has 0 fully saturated rings. The van der Waals surface area contributed by atoms with Gasteiger partial charge in [0.2, 0.25) is 10.9 Å². The van der Waals surface area contributed by atoms with E-state index in [-0.39, 0.29) is 27.7 Å². The molecule has 21 heavy (non-hydrogen) atoms. The van der Waals surface area contributed by atoms with E-state index in [0.29, 0.717) is 17.8 Å². The molecule has 0 saturated heterocycles. The molecule has 120 valence electrons. The van der Waals surface area contributed by atoms with Crippen molar-refractivity contribution in [3.8, 4) is 0 Å². The van der Waals surface area contributed by atoms with Crippen molar-refractivity contribution >= 4 is 5.69 Å². The zero-order valence-corrected chi connectivity index (χ0v) is 14.5.